The van der Waals surface area contributed by atoms with Gasteiger partial charge in [0.2, 0.25) is 0 Å². The minimum absolute atomic E-state index is 0.305. The highest BCUT2D eigenvalue weighted by atomic mass is 79.9. The van der Waals surface area contributed by atoms with Crippen LogP contribution in [0, 0.1) is 0 Å². The molecule has 4 nitrogen and oxygen atoms in total. The number of ether oxygens (including phenoxy) is 1. The molecule has 1 N–H and O–H groups in total. The van der Waals surface area contributed by atoms with Gasteiger partial charge in [0.1, 0.15) is 0 Å². The molecule has 0 saturated heterocycles. The first-order valence-electron chi connectivity index (χ1n) is 6.96. The second-order valence-electron chi connectivity index (χ2n) is 5.56. The van der Waals surface area contributed by atoms with E-state index in [0.29, 0.717) is 22.7 Å². The Morgan fingerprint density at radius 2 is 2.09 bits per heavy atom. The van der Waals surface area contributed by atoms with Crippen molar-refractivity contribution in [1.29, 1.82) is 0 Å². The molecule has 0 aliphatic carbocycles. The summed E-state index contributed by atoms with van der Waals surface area (Å²) in [4.78, 5) is 24.8. The predicted octanol–water partition coefficient (Wildman–Crippen LogP) is 4.21. The molecule has 0 fully saturated rings. The molecular weight excluding hydrogens is 382 g/mol. The van der Waals surface area contributed by atoms with Gasteiger partial charge >= 0.3 is 5.97 Å². The van der Waals surface area contributed by atoms with E-state index in [9.17, 15) is 9.59 Å². The molecule has 1 aliphatic heterocycles. The van der Waals surface area contributed by atoms with Crippen LogP contribution in [0.15, 0.2) is 46.9 Å². The average Bonchev–Trinajstić information content (AvgIpc) is 2.46. The van der Waals surface area contributed by atoms with Crippen molar-refractivity contribution >= 4 is 45.1 Å². The number of carbonyl (C=O) groups excluding carboxylic acids is 2. The molecule has 0 spiro atoms. The van der Waals surface area contributed by atoms with Gasteiger partial charge in [0.05, 0.1) is 5.56 Å². The van der Waals surface area contributed by atoms with Gasteiger partial charge in [0.15, 0.2) is 5.60 Å². The number of esters is 1. The molecule has 0 bridgehead atoms. The molecule has 2 aromatic carbocycles. The van der Waals surface area contributed by atoms with Gasteiger partial charge in [-0.2, -0.15) is 0 Å². The summed E-state index contributed by atoms with van der Waals surface area (Å²) in [6, 6.07) is 12.1. The van der Waals surface area contributed by atoms with Gasteiger partial charge in [0, 0.05) is 21.6 Å². The van der Waals surface area contributed by atoms with Crippen molar-refractivity contribution in [3.05, 3.63) is 63.1 Å². The van der Waals surface area contributed by atoms with E-state index in [1.54, 1.807) is 43.3 Å². The molecule has 0 aromatic heterocycles. The quantitative estimate of drug-likeness (QED) is 0.776. The molecule has 1 unspecified atom stereocenters. The summed E-state index contributed by atoms with van der Waals surface area (Å²) in [5.41, 5.74) is 0.549. The Labute approximate surface area is 146 Å². The van der Waals surface area contributed by atoms with Crippen LogP contribution in [0.2, 0.25) is 5.02 Å². The monoisotopic (exact) mass is 393 g/mol. The van der Waals surface area contributed by atoms with Gasteiger partial charge in [0.25, 0.3) is 5.91 Å². The zero-order valence-electron chi connectivity index (χ0n) is 12.2. The number of rotatable bonds is 2. The fourth-order valence-electron chi connectivity index (χ4n) is 2.52. The third-order valence-electron chi connectivity index (χ3n) is 3.70. The molecule has 1 heterocycles. The highest BCUT2D eigenvalue weighted by molar-refractivity contribution is 9.10. The molecule has 23 heavy (non-hydrogen) atoms. The lowest BCUT2D eigenvalue weighted by molar-refractivity contribution is -0.134. The summed E-state index contributed by atoms with van der Waals surface area (Å²) in [6.45, 7) is 1.61. The Morgan fingerprint density at radius 3 is 2.83 bits per heavy atom. The van der Waals surface area contributed by atoms with E-state index >= 15 is 0 Å². The van der Waals surface area contributed by atoms with Crippen LogP contribution in [0.4, 0.5) is 5.69 Å². The van der Waals surface area contributed by atoms with Crippen LogP contribution in [-0.2, 0) is 16.0 Å². The maximum atomic E-state index is 12.6. The number of benzene rings is 2. The number of carbonyl (C=O) groups is 2. The van der Waals surface area contributed by atoms with Crippen LogP contribution in [0.3, 0.4) is 0 Å². The molecule has 2 aromatic rings. The maximum Gasteiger partial charge on any atom is 0.339 e. The first kappa shape index (κ1) is 16.0. The molecule has 118 valence electrons. The molecule has 0 saturated carbocycles. The Morgan fingerprint density at radius 1 is 1.30 bits per heavy atom. The predicted molar refractivity (Wildman–Crippen MR) is 91.7 cm³/mol. The summed E-state index contributed by atoms with van der Waals surface area (Å²) >= 11 is 9.29. The highest BCUT2D eigenvalue weighted by Gasteiger charge is 2.42. The average molecular weight is 395 g/mol. The lowest BCUT2D eigenvalue weighted by atomic mass is 9.89. The van der Waals surface area contributed by atoms with Crippen LogP contribution in [0.5, 0.6) is 0 Å². The van der Waals surface area contributed by atoms with Crippen molar-refractivity contribution in [2.24, 2.45) is 0 Å². The number of nitrogens with one attached hydrogen (secondary N) is 1. The molecule has 0 radical (unpaired) electrons. The van der Waals surface area contributed by atoms with E-state index < -0.39 is 17.5 Å². The first-order valence-corrected chi connectivity index (χ1v) is 8.13. The van der Waals surface area contributed by atoms with Gasteiger partial charge in [-0.25, -0.2) is 4.79 Å². The standard InChI is InChI=1S/C17H13BrClNO3/c1-17(16(22)20-13-4-2-3-12(19)8-13)9-10-7-11(18)5-6-14(10)15(21)23-17/h2-8H,9H2,1H3,(H,20,22). The van der Waals surface area contributed by atoms with Crippen LogP contribution >= 0.6 is 27.5 Å². The van der Waals surface area contributed by atoms with Crippen molar-refractivity contribution in [2.75, 3.05) is 5.32 Å². The van der Waals surface area contributed by atoms with E-state index in [4.69, 9.17) is 16.3 Å². The summed E-state index contributed by atoms with van der Waals surface area (Å²) in [7, 11) is 0. The Hall–Kier alpha value is -1.85. The van der Waals surface area contributed by atoms with Gasteiger partial charge in [-0.3, -0.25) is 4.79 Å². The number of cyclic esters (lactones) is 1. The summed E-state index contributed by atoms with van der Waals surface area (Å²) in [5.74, 6) is -0.888. The third kappa shape index (κ3) is 3.26. The van der Waals surface area contributed by atoms with E-state index in [-0.39, 0.29) is 0 Å². The van der Waals surface area contributed by atoms with E-state index in [1.807, 2.05) is 6.07 Å². The smallest absolute Gasteiger partial charge is 0.339 e. The van der Waals surface area contributed by atoms with Crippen LogP contribution in [0.25, 0.3) is 0 Å². The van der Waals surface area contributed by atoms with Crippen molar-refractivity contribution in [1.82, 2.24) is 0 Å². The van der Waals surface area contributed by atoms with Crippen molar-refractivity contribution in [2.45, 2.75) is 18.9 Å². The van der Waals surface area contributed by atoms with E-state index in [2.05, 4.69) is 21.2 Å². The van der Waals surface area contributed by atoms with Gasteiger partial charge < -0.3 is 10.1 Å². The molecule has 1 amide bonds. The van der Waals surface area contributed by atoms with Gasteiger partial charge in [-0.15, -0.1) is 0 Å². The second kappa shape index (κ2) is 5.98. The van der Waals surface area contributed by atoms with E-state index in [1.165, 1.54) is 0 Å². The number of hydrogen-bond acceptors (Lipinski definition) is 3. The fourth-order valence-corrected chi connectivity index (χ4v) is 3.12. The number of hydrogen-bond donors (Lipinski definition) is 1. The molecule has 1 atom stereocenters. The van der Waals surface area contributed by atoms with Crippen molar-refractivity contribution in [3.8, 4) is 0 Å². The van der Waals surface area contributed by atoms with Crippen LogP contribution in [0.1, 0.15) is 22.8 Å². The lowest BCUT2D eigenvalue weighted by Gasteiger charge is -2.33. The Balaban J connectivity index is 1.87. The third-order valence-corrected chi connectivity index (χ3v) is 4.42. The first-order chi connectivity index (χ1) is 10.9. The maximum absolute atomic E-state index is 12.6. The SMILES string of the molecule is CC1(C(=O)Nc2cccc(Cl)c2)Cc2cc(Br)ccc2C(=O)O1. The summed E-state index contributed by atoms with van der Waals surface area (Å²) < 4.78 is 6.26. The molecule has 1 aliphatic rings. The van der Waals surface area contributed by atoms with Gasteiger partial charge in [-0.1, -0.05) is 33.6 Å². The van der Waals surface area contributed by atoms with Gasteiger partial charge in [-0.05, 0) is 48.9 Å². The zero-order chi connectivity index (χ0) is 16.6. The molecular formula is C17H13BrClNO3. The van der Waals surface area contributed by atoms with E-state index in [0.717, 1.165) is 10.0 Å². The summed E-state index contributed by atoms with van der Waals surface area (Å²) in [6.07, 6.45) is 0.305. The van der Waals surface area contributed by atoms with Crippen molar-refractivity contribution in [3.63, 3.8) is 0 Å². The Bertz CT molecular complexity index is 808. The highest BCUT2D eigenvalue weighted by Crippen LogP contribution is 2.31. The number of halogens is 2. The summed E-state index contributed by atoms with van der Waals surface area (Å²) in [5, 5.41) is 3.26. The molecule has 3 rings (SSSR count). The zero-order valence-corrected chi connectivity index (χ0v) is 14.6. The largest absolute Gasteiger partial charge is 0.445 e. The second-order valence-corrected chi connectivity index (χ2v) is 6.92. The van der Waals surface area contributed by atoms with Crippen LogP contribution in [-0.4, -0.2) is 17.5 Å². The Kier molecular flexibility index (Phi) is 4.17. The lowest BCUT2D eigenvalue weighted by Crippen LogP contribution is -2.48. The fraction of sp³-hybridized carbons (Fsp3) is 0.176. The topological polar surface area (TPSA) is 55.4 Å². The van der Waals surface area contributed by atoms with Crippen molar-refractivity contribution < 1.29 is 14.3 Å². The minimum atomic E-state index is -1.27. The number of amides is 1. The number of anilines is 1. The number of fused-ring (bicyclic) bond motifs is 1. The molecule has 6 heteroatoms. The van der Waals surface area contributed by atoms with Crippen LogP contribution < -0.4 is 5.32 Å². The normalized spacial score (nSPS) is 19.7. The minimum Gasteiger partial charge on any atom is -0.445 e.